The van der Waals surface area contributed by atoms with Crippen LogP contribution in [0.2, 0.25) is 0 Å². The van der Waals surface area contributed by atoms with Gasteiger partial charge in [0, 0.05) is 5.69 Å². The number of nitrogens with one attached hydrogen (secondary N) is 2. The highest BCUT2D eigenvalue weighted by Gasteiger charge is 2.31. The lowest BCUT2D eigenvalue weighted by Crippen LogP contribution is -2.31. The number of benzene rings is 2. The second kappa shape index (κ2) is 12.0. The van der Waals surface area contributed by atoms with Crippen LogP contribution in [-0.2, 0) is 11.0 Å². The van der Waals surface area contributed by atoms with Crippen molar-refractivity contribution in [1.29, 1.82) is 0 Å². The summed E-state index contributed by atoms with van der Waals surface area (Å²) in [5.74, 6) is 0.520. The van der Waals surface area contributed by atoms with E-state index in [1.54, 1.807) is 6.08 Å². The number of hydrogen-bond donors (Lipinski definition) is 2. The van der Waals surface area contributed by atoms with E-state index in [4.69, 9.17) is 4.74 Å². The van der Waals surface area contributed by atoms with Crippen LogP contribution in [0.4, 0.5) is 18.9 Å². The minimum atomic E-state index is -4.42. The molecule has 0 aromatic heterocycles. The molecule has 1 amide bonds. The quantitative estimate of drug-likeness (QED) is 0.269. The van der Waals surface area contributed by atoms with Gasteiger partial charge in [0.1, 0.15) is 5.75 Å². The van der Waals surface area contributed by atoms with Crippen molar-refractivity contribution in [2.75, 3.05) is 11.9 Å². The average Bonchev–Trinajstić information content (AvgIpc) is 3.12. The maximum absolute atomic E-state index is 12.9. The van der Waals surface area contributed by atoms with Crippen LogP contribution in [-0.4, -0.2) is 18.0 Å². The van der Waals surface area contributed by atoms with Gasteiger partial charge in [-0.2, -0.15) is 13.2 Å². The molecule has 0 radical (unpaired) electrons. The van der Waals surface area contributed by atoms with Gasteiger partial charge in [0.2, 0.25) is 0 Å². The zero-order chi connectivity index (χ0) is 23.7. The van der Waals surface area contributed by atoms with Crippen molar-refractivity contribution in [1.82, 2.24) is 5.32 Å². The van der Waals surface area contributed by atoms with Crippen molar-refractivity contribution in [2.24, 2.45) is 0 Å². The van der Waals surface area contributed by atoms with Crippen LogP contribution in [0, 0.1) is 0 Å². The number of ether oxygens (including phenoxy) is 1. The first-order chi connectivity index (χ1) is 15.8. The summed E-state index contributed by atoms with van der Waals surface area (Å²) >= 11 is 1.23. The molecule has 2 aromatic carbocycles. The van der Waals surface area contributed by atoms with E-state index in [-0.39, 0.29) is 11.6 Å². The van der Waals surface area contributed by atoms with Crippen molar-refractivity contribution in [3.05, 3.63) is 64.6 Å². The number of rotatable bonds is 11. The van der Waals surface area contributed by atoms with Crippen LogP contribution in [0.15, 0.2) is 53.4 Å². The second-order valence-corrected chi connectivity index (χ2v) is 9.04. The Morgan fingerprint density at radius 3 is 2.52 bits per heavy atom. The molecule has 1 saturated heterocycles. The van der Waals surface area contributed by atoms with Crippen LogP contribution in [0.5, 0.6) is 5.75 Å². The highest BCUT2D eigenvalue weighted by molar-refractivity contribution is 8.05. The summed E-state index contributed by atoms with van der Waals surface area (Å²) in [6.45, 7) is 2.89. The van der Waals surface area contributed by atoms with E-state index in [9.17, 15) is 18.0 Å². The Balaban J connectivity index is 1.49. The number of carbonyl (C=O) groups excluding carboxylic acids is 1. The smallest absolute Gasteiger partial charge is 0.416 e. The second-order valence-electron chi connectivity index (χ2n) is 7.89. The maximum Gasteiger partial charge on any atom is 0.416 e. The molecule has 8 heteroatoms. The summed E-state index contributed by atoms with van der Waals surface area (Å²) in [5, 5.41) is 5.66. The zero-order valence-electron chi connectivity index (χ0n) is 18.6. The Labute approximate surface area is 197 Å². The van der Waals surface area contributed by atoms with E-state index in [2.05, 4.69) is 17.6 Å². The molecule has 0 bridgehead atoms. The lowest BCUT2D eigenvalue weighted by Gasteiger charge is -2.14. The minimum Gasteiger partial charge on any atom is -0.494 e. The highest BCUT2D eigenvalue weighted by atomic mass is 32.2. The average molecular weight is 479 g/mol. The van der Waals surface area contributed by atoms with Crippen molar-refractivity contribution in [3.8, 4) is 5.75 Å². The number of anilines is 1. The van der Waals surface area contributed by atoms with Gasteiger partial charge in [0.15, 0.2) is 5.50 Å². The van der Waals surface area contributed by atoms with E-state index >= 15 is 0 Å². The summed E-state index contributed by atoms with van der Waals surface area (Å²) in [6, 6.07) is 12.4. The van der Waals surface area contributed by atoms with E-state index in [1.165, 1.54) is 56.0 Å². The van der Waals surface area contributed by atoms with Crippen LogP contribution < -0.4 is 15.4 Å². The van der Waals surface area contributed by atoms with E-state index in [0.717, 1.165) is 29.9 Å². The van der Waals surface area contributed by atoms with Gasteiger partial charge < -0.3 is 15.4 Å². The van der Waals surface area contributed by atoms with E-state index < -0.39 is 17.2 Å². The molecule has 2 N–H and O–H groups in total. The van der Waals surface area contributed by atoms with Gasteiger partial charge in [-0.3, -0.25) is 4.79 Å². The van der Waals surface area contributed by atoms with Crippen molar-refractivity contribution >= 4 is 29.4 Å². The Bertz CT molecular complexity index is 945. The molecule has 178 valence electrons. The predicted molar refractivity (Wildman–Crippen MR) is 128 cm³/mol. The Morgan fingerprint density at radius 1 is 1.06 bits per heavy atom. The number of amides is 1. The first-order valence-corrected chi connectivity index (χ1v) is 12.1. The standard InChI is InChI=1S/C25H29F3N2O2S/c1-2-3-4-5-6-7-15-32-21-13-11-18(12-14-21)16-22-23(31)30-24(33-22)29-20-10-8-9-19(17-20)25(26,27)28/h8-14,16-17,24,29H,2-7,15H2,1H3,(H,30,31)/b22-16-. The summed E-state index contributed by atoms with van der Waals surface area (Å²) in [5.41, 5.74) is -0.154. The lowest BCUT2D eigenvalue weighted by molar-refractivity contribution is -0.137. The molecule has 2 aromatic rings. The van der Waals surface area contributed by atoms with Gasteiger partial charge in [0.25, 0.3) is 5.91 Å². The predicted octanol–water partition coefficient (Wildman–Crippen LogP) is 7.04. The molecule has 1 heterocycles. The van der Waals surface area contributed by atoms with Crippen LogP contribution >= 0.6 is 11.8 Å². The molecule has 1 atom stereocenters. The number of unbranched alkanes of at least 4 members (excludes halogenated alkanes) is 5. The van der Waals surface area contributed by atoms with Crippen molar-refractivity contribution in [2.45, 2.75) is 57.1 Å². The summed E-state index contributed by atoms with van der Waals surface area (Å²) in [6.07, 6.45) is 4.60. The molecule has 0 aliphatic carbocycles. The largest absolute Gasteiger partial charge is 0.494 e. The lowest BCUT2D eigenvalue weighted by atomic mass is 10.1. The molecular formula is C25H29F3N2O2S. The zero-order valence-corrected chi connectivity index (χ0v) is 19.4. The fourth-order valence-corrected chi connectivity index (χ4v) is 4.37. The van der Waals surface area contributed by atoms with Gasteiger partial charge in [-0.25, -0.2) is 0 Å². The Morgan fingerprint density at radius 2 is 1.79 bits per heavy atom. The number of carbonyl (C=O) groups is 1. The van der Waals surface area contributed by atoms with Gasteiger partial charge >= 0.3 is 6.18 Å². The molecule has 33 heavy (non-hydrogen) atoms. The van der Waals surface area contributed by atoms with E-state index in [1.807, 2.05) is 24.3 Å². The molecular weight excluding hydrogens is 449 g/mol. The Kier molecular flexibility index (Phi) is 9.11. The molecule has 3 rings (SSSR count). The SMILES string of the molecule is CCCCCCCCOc1ccc(/C=C2\SC(Nc3cccc(C(F)(F)F)c3)NC2=O)cc1. The van der Waals surface area contributed by atoms with E-state index in [0.29, 0.717) is 11.5 Å². The highest BCUT2D eigenvalue weighted by Crippen LogP contribution is 2.33. The third-order valence-corrected chi connectivity index (χ3v) is 6.19. The fraction of sp³-hybridized carbons (Fsp3) is 0.400. The van der Waals surface area contributed by atoms with Gasteiger partial charge in [0.05, 0.1) is 17.1 Å². The number of thioether (sulfide) groups is 1. The molecule has 0 saturated carbocycles. The van der Waals surface area contributed by atoms with Crippen LogP contribution in [0.3, 0.4) is 0 Å². The minimum absolute atomic E-state index is 0.270. The fourth-order valence-electron chi connectivity index (χ4n) is 3.39. The van der Waals surface area contributed by atoms with Crippen LogP contribution in [0.25, 0.3) is 6.08 Å². The van der Waals surface area contributed by atoms with Gasteiger partial charge in [-0.15, -0.1) is 0 Å². The normalized spacial score (nSPS) is 17.3. The third-order valence-electron chi connectivity index (χ3n) is 5.16. The first kappa shape index (κ1) is 25.0. The maximum atomic E-state index is 12.9. The van der Waals surface area contributed by atoms with Gasteiger partial charge in [-0.05, 0) is 48.4 Å². The first-order valence-electron chi connectivity index (χ1n) is 11.2. The summed E-state index contributed by atoms with van der Waals surface area (Å²) in [4.78, 5) is 12.8. The third kappa shape index (κ3) is 8.03. The molecule has 4 nitrogen and oxygen atoms in total. The molecule has 1 fully saturated rings. The van der Waals surface area contributed by atoms with Crippen LogP contribution in [0.1, 0.15) is 56.6 Å². The molecule has 1 aliphatic rings. The molecule has 0 spiro atoms. The van der Waals surface area contributed by atoms with Crippen molar-refractivity contribution in [3.63, 3.8) is 0 Å². The van der Waals surface area contributed by atoms with Gasteiger partial charge in [-0.1, -0.05) is 69.0 Å². The number of halogens is 3. The number of alkyl halides is 3. The summed E-state index contributed by atoms with van der Waals surface area (Å²) in [7, 11) is 0. The topological polar surface area (TPSA) is 50.4 Å². The summed E-state index contributed by atoms with van der Waals surface area (Å²) < 4.78 is 44.5. The number of hydrogen-bond acceptors (Lipinski definition) is 4. The molecule has 1 unspecified atom stereocenters. The monoisotopic (exact) mass is 478 g/mol. The molecule has 1 aliphatic heterocycles. The van der Waals surface area contributed by atoms with Crippen molar-refractivity contribution < 1.29 is 22.7 Å². The Hall–Kier alpha value is -2.61.